The normalized spacial score (nSPS) is 14.1. The first-order valence-electron chi connectivity index (χ1n) is 12.1. The summed E-state index contributed by atoms with van der Waals surface area (Å²) in [5, 5.41) is 2.90. The molecular formula is C30H33NO3. The number of nitrogens with one attached hydrogen (secondary N) is 1. The van der Waals surface area contributed by atoms with Gasteiger partial charge in [-0.25, -0.2) is 0 Å². The van der Waals surface area contributed by atoms with E-state index in [9.17, 15) is 9.59 Å². The van der Waals surface area contributed by atoms with Crippen LogP contribution in [0, 0.1) is 0 Å². The molecule has 0 bridgehead atoms. The van der Waals surface area contributed by atoms with Crippen LogP contribution in [0.15, 0.2) is 66.7 Å². The molecule has 0 radical (unpaired) electrons. The number of anilines is 1. The molecule has 3 aromatic rings. The molecule has 3 aromatic carbocycles. The number of aryl methyl sites for hydroxylation is 1. The van der Waals surface area contributed by atoms with E-state index in [0.717, 1.165) is 25.0 Å². The lowest BCUT2D eigenvalue weighted by atomic mass is 9.86. The number of hydrogen-bond acceptors (Lipinski definition) is 3. The van der Waals surface area contributed by atoms with Gasteiger partial charge in [0.2, 0.25) is 0 Å². The summed E-state index contributed by atoms with van der Waals surface area (Å²) in [7, 11) is 0. The van der Waals surface area contributed by atoms with Gasteiger partial charge in [-0.15, -0.1) is 0 Å². The Balaban J connectivity index is 1.44. The van der Waals surface area contributed by atoms with Crippen LogP contribution in [0.3, 0.4) is 0 Å². The van der Waals surface area contributed by atoms with Gasteiger partial charge in [-0.1, -0.05) is 69.3 Å². The second-order valence-corrected chi connectivity index (χ2v) is 10.1. The van der Waals surface area contributed by atoms with Crippen molar-refractivity contribution in [1.82, 2.24) is 0 Å². The molecular weight excluding hydrogens is 422 g/mol. The van der Waals surface area contributed by atoms with E-state index in [2.05, 4.69) is 32.2 Å². The lowest BCUT2D eigenvalue weighted by Gasteiger charge is -2.22. The molecule has 0 unspecified atom stereocenters. The molecule has 4 nitrogen and oxygen atoms in total. The van der Waals surface area contributed by atoms with Crippen molar-refractivity contribution in [2.24, 2.45) is 0 Å². The first-order chi connectivity index (χ1) is 16.2. The van der Waals surface area contributed by atoms with Crippen molar-refractivity contribution in [3.05, 3.63) is 94.5 Å². The van der Waals surface area contributed by atoms with Gasteiger partial charge >= 0.3 is 0 Å². The van der Waals surface area contributed by atoms with E-state index in [1.54, 1.807) is 31.2 Å². The van der Waals surface area contributed by atoms with Crippen LogP contribution in [-0.4, -0.2) is 17.8 Å². The van der Waals surface area contributed by atoms with Crippen LogP contribution in [0.2, 0.25) is 0 Å². The summed E-state index contributed by atoms with van der Waals surface area (Å²) < 4.78 is 6.05. The standard InChI is InChI=1S/C30H33NO3/c1-20(34-27-14-8-10-21-9-5-6-13-26(21)27)29(33)31-25-12-7-11-23(19-25)28(32)22-15-17-24(18-16-22)30(2,3)4/h7-8,10-12,14-20H,5-6,9,13H2,1-4H3,(H,31,33)/t20-/m1/s1. The first kappa shape index (κ1) is 23.7. The maximum absolute atomic E-state index is 13.0. The summed E-state index contributed by atoms with van der Waals surface area (Å²) in [6.45, 7) is 8.19. The number of carbonyl (C=O) groups excluding carboxylic acids is 2. The first-order valence-corrected chi connectivity index (χ1v) is 12.1. The average Bonchev–Trinajstić information content (AvgIpc) is 2.83. The minimum Gasteiger partial charge on any atom is -0.481 e. The number of amides is 1. The van der Waals surface area contributed by atoms with Crippen molar-refractivity contribution < 1.29 is 14.3 Å². The van der Waals surface area contributed by atoms with Gasteiger partial charge in [0.05, 0.1) is 0 Å². The maximum atomic E-state index is 13.0. The summed E-state index contributed by atoms with van der Waals surface area (Å²) in [5.74, 6) is 0.479. The molecule has 0 heterocycles. The van der Waals surface area contributed by atoms with E-state index in [1.807, 2.05) is 36.4 Å². The Morgan fingerprint density at radius 3 is 2.32 bits per heavy atom. The van der Waals surface area contributed by atoms with Gasteiger partial charge in [-0.05, 0) is 72.9 Å². The second kappa shape index (κ2) is 9.84. The summed E-state index contributed by atoms with van der Waals surface area (Å²) in [6.07, 6.45) is 3.74. The van der Waals surface area contributed by atoms with E-state index < -0.39 is 6.10 Å². The van der Waals surface area contributed by atoms with Crippen molar-refractivity contribution >= 4 is 17.4 Å². The molecule has 4 rings (SSSR count). The van der Waals surface area contributed by atoms with Gasteiger partial charge in [0.15, 0.2) is 11.9 Å². The van der Waals surface area contributed by atoms with E-state index in [4.69, 9.17) is 4.74 Å². The Hall–Kier alpha value is -3.40. The number of fused-ring (bicyclic) bond motifs is 1. The second-order valence-electron chi connectivity index (χ2n) is 10.1. The predicted molar refractivity (Wildman–Crippen MR) is 137 cm³/mol. The number of hydrogen-bond donors (Lipinski definition) is 1. The highest BCUT2D eigenvalue weighted by molar-refractivity contribution is 6.09. The summed E-state index contributed by atoms with van der Waals surface area (Å²) >= 11 is 0. The van der Waals surface area contributed by atoms with Crippen LogP contribution < -0.4 is 10.1 Å². The lowest BCUT2D eigenvalue weighted by Crippen LogP contribution is -2.30. The molecule has 1 aliphatic rings. The third-order valence-corrected chi connectivity index (χ3v) is 6.43. The predicted octanol–water partition coefficient (Wildman–Crippen LogP) is 6.50. The highest BCUT2D eigenvalue weighted by atomic mass is 16.5. The van der Waals surface area contributed by atoms with Gasteiger partial charge in [0.25, 0.3) is 5.91 Å². The smallest absolute Gasteiger partial charge is 0.265 e. The van der Waals surface area contributed by atoms with Crippen LogP contribution in [0.25, 0.3) is 0 Å². The molecule has 0 aromatic heterocycles. The van der Waals surface area contributed by atoms with E-state index >= 15 is 0 Å². The van der Waals surface area contributed by atoms with E-state index in [1.165, 1.54) is 23.1 Å². The van der Waals surface area contributed by atoms with Crippen LogP contribution >= 0.6 is 0 Å². The number of ether oxygens (including phenoxy) is 1. The minimum absolute atomic E-state index is 0.0313. The average molecular weight is 456 g/mol. The molecule has 176 valence electrons. The fraction of sp³-hybridized carbons (Fsp3) is 0.333. The summed E-state index contributed by atoms with van der Waals surface area (Å²) in [6, 6.07) is 20.9. The molecule has 4 heteroatoms. The number of rotatable bonds is 6. The van der Waals surface area contributed by atoms with Crippen molar-refractivity contribution in [3.8, 4) is 5.75 Å². The van der Waals surface area contributed by atoms with E-state index in [0.29, 0.717) is 16.8 Å². The highest BCUT2D eigenvalue weighted by Crippen LogP contribution is 2.30. The molecule has 0 saturated carbocycles. The maximum Gasteiger partial charge on any atom is 0.265 e. The molecule has 0 saturated heterocycles. The lowest BCUT2D eigenvalue weighted by molar-refractivity contribution is -0.122. The van der Waals surface area contributed by atoms with Crippen LogP contribution in [-0.2, 0) is 23.1 Å². The van der Waals surface area contributed by atoms with E-state index in [-0.39, 0.29) is 17.1 Å². The Bertz CT molecular complexity index is 1190. The quantitative estimate of drug-likeness (QED) is 0.432. The van der Waals surface area contributed by atoms with Crippen molar-refractivity contribution in [3.63, 3.8) is 0 Å². The zero-order chi connectivity index (χ0) is 24.3. The van der Waals surface area contributed by atoms with Gasteiger partial charge in [-0.3, -0.25) is 9.59 Å². The van der Waals surface area contributed by atoms with Gasteiger partial charge in [-0.2, -0.15) is 0 Å². The molecule has 1 N–H and O–H groups in total. The zero-order valence-corrected chi connectivity index (χ0v) is 20.5. The Labute approximate surface area is 202 Å². The fourth-order valence-electron chi connectivity index (χ4n) is 4.37. The van der Waals surface area contributed by atoms with Crippen LogP contribution in [0.4, 0.5) is 5.69 Å². The SMILES string of the molecule is C[C@@H](Oc1cccc2c1CCCC2)C(=O)Nc1cccc(C(=O)c2ccc(C(C)(C)C)cc2)c1. The molecule has 0 aliphatic heterocycles. The monoisotopic (exact) mass is 455 g/mol. The van der Waals surface area contributed by atoms with Crippen molar-refractivity contribution in [1.29, 1.82) is 0 Å². The minimum atomic E-state index is -0.655. The third kappa shape index (κ3) is 5.39. The fourth-order valence-corrected chi connectivity index (χ4v) is 4.37. The van der Waals surface area contributed by atoms with Crippen molar-refractivity contribution in [2.75, 3.05) is 5.32 Å². The van der Waals surface area contributed by atoms with Crippen molar-refractivity contribution in [2.45, 2.75) is 64.9 Å². The summed E-state index contributed by atoms with van der Waals surface area (Å²) in [4.78, 5) is 25.9. The highest BCUT2D eigenvalue weighted by Gasteiger charge is 2.20. The molecule has 0 spiro atoms. The molecule has 1 amide bonds. The van der Waals surface area contributed by atoms with Gasteiger partial charge in [0, 0.05) is 16.8 Å². The topological polar surface area (TPSA) is 55.4 Å². The Morgan fingerprint density at radius 2 is 1.59 bits per heavy atom. The third-order valence-electron chi connectivity index (χ3n) is 6.43. The van der Waals surface area contributed by atoms with Gasteiger partial charge < -0.3 is 10.1 Å². The van der Waals surface area contributed by atoms with Gasteiger partial charge in [0.1, 0.15) is 5.75 Å². The molecule has 1 aliphatic carbocycles. The molecule has 0 fully saturated rings. The molecule has 1 atom stereocenters. The number of carbonyl (C=O) groups is 2. The number of benzene rings is 3. The Kier molecular flexibility index (Phi) is 6.87. The summed E-state index contributed by atoms with van der Waals surface area (Å²) in [5.41, 5.74) is 5.49. The molecule has 34 heavy (non-hydrogen) atoms. The Morgan fingerprint density at radius 1 is 0.882 bits per heavy atom. The van der Waals surface area contributed by atoms with Crippen LogP contribution in [0.5, 0.6) is 5.75 Å². The largest absolute Gasteiger partial charge is 0.481 e. The zero-order valence-electron chi connectivity index (χ0n) is 20.5. The van der Waals surface area contributed by atoms with Crippen LogP contribution in [0.1, 0.15) is 73.1 Å². The number of ketones is 1.